The van der Waals surface area contributed by atoms with E-state index in [0.717, 1.165) is 12.1 Å². The number of nitrogens with one attached hydrogen (secondary N) is 2. The van der Waals surface area contributed by atoms with Crippen molar-refractivity contribution in [1.82, 2.24) is 24.7 Å². The van der Waals surface area contributed by atoms with Crippen molar-refractivity contribution in [3.8, 4) is 0 Å². The number of amides is 2. The number of fused-ring (bicyclic) bond motifs is 1. The highest BCUT2D eigenvalue weighted by Gasteiger charge is 2.12. The fourth-order valence-corrected chi connectivity index (χ4v) is 2.09. The van der Waals surface area contributed by atoms with Gasteiger partial charge in [-0.05, 0) is 25.1 Å². The molecule has 0 atom stereocenters. The van der Waals surface area contributed by atoms with Crippen LogP contribution in [0, 0.1) is 0 Å². The molecular weight excluding hydrogens is 296 g/mol. The molecule has 2 amide bonds. The lowest BCUT2D eigenvalue weighted by molar-refractivity contribution is -0.115. The van der Waals surface area contributed by atoms with Crippen molar-refractivity contribution in [2.24, 2.45) is 0 Å². The molecule has 2 N–H and O–H groups in total. The van der Waals surface area contributed by atoms with Crippen molar-refractivity contribution in [2.75, 3.05) is 11.9 Å². The van der Waals surface area contributed by atoms with E-state index in [9.17, 15) is 9.59 Å². The second-order valence-electron chi connectivity index (χ2n) is 4.89. The van der Waals surface area contributed by atoms with E-state index in [0.29, 0.717) is 5.82 Å². The summed E-state index contributed by atoms with van der Waals surface area (Å²) in [7, 11) is 0. The zero-order chi connectivity index (χ0) is 16.2. The molecular formula is C15H16N6O2. The Hall–Kier alpha value is -3.16. The molecule has 3 heterocycles. The Morgan fingerprint density at radius 3 is 2.78 bits per heavy atom. The molecule has 0 radical (unpaired) electrons. The van der Waals surface area contributed by atoms with Gasteiger partial charge >= 0.3 is 0 Å². The van der Waals surface area contributed by atoms with Gasteiger partial charge in [0.05, 0.1) is 12.1 Å². The number of hydrogen-bond acceptors (Lipinski definition) is 4. The molecule has 0 aromatic carbocycles. The van der Waals surface area contributed by atoms with Crippen LogP contribution in [0.4, 0.5) is 5.82 Å². The van der Waals surface area contributed by atoms with Crippen LogP contribution in [0.25, 0.3) is 5.52 Å². The van der Waals surface area contributed by atoms with Crippen molar-refractivity contribution >= 4 is 23.1 Å². The highest BCUT2D eigenvalue weighted by Crippen LogP contribution is 2.05. The molecule has 0 saturated carbocycles. The zero-order valence-electron chi connectivity index (χ0n) is 12.6. The summed E-state index contributed by atoms with van der Waals surface area (Å²) in [6.45, 7) is 2.53. The fraction of sp³-hybridized carbons (Fsp3) is 0.200. The maximum Gasteiger partial charge on any atom is 0.272 e. The van der Waals surface area contributed by atoms with E-state index in [1.165, 1.54) is 0 Å². The minimum atomic E-state index is -0.400. The van der Waals surface area contributed by atoms with Crippen LogP contribution in [0.1, 0.15) is 17.4 Å². The van der Waals surface area contributed by atoms with Gasteiger partial charge in [-0.2, -0.15) is 10.2 Å². The molecule has 0 fully saturated rings. The van der Waals surface area contributed by atoms with Crippen LogP contribution in [0.5, 0.6) is 0 Å². The molecule has 0 aliphatic rings. The van der Waals surface area contributed by atoms with Gasteiger partial charge in [0.15, 0.2) is 11.5 Å². The molecule has 0 unspecified atom stereocenters. The molecule has 3 aromatic heterocycles. The van der Waals surface area contributed by atoms with Gasteiger partial charge in [-0.1, -0.05) is 6.07 Å². The van der Waals surface area contributed by atoms with Crippen LogP contribution in [-0.4, -0.2) is 37.8 Å². The maximum atomic E-state index is 12.0. The first-order chi connectivity index (χ1) is 11.2. The van der Waals surface area contributed by atoms with Crippen molar-refractivity contribution in [1.29, 1.82) is 0 Å². The molecule has 3 rings (SSSR count). The van der Waals surface area contributed by atoms with Crippen molar-refractivity contribution < 1.29 is 9.59 Å². The fourth-order valence-electron chi connectivity index (χ4n) is 2.09. The third-order valence-electron chi connectivity index (χ3n) is 3.24. The van der Waals surface area contributed by atoms with Gasteiger partial charge in [-0.3, -0.25) is 14.3 Å². The molecule has 0 spiro atoms. The summed E-state index contributed by atoms with van der Waals surface area (Å²) in [6.07, 6.45) is 3.52. The summed E-state index contributed by atoms with van der Waals surface area (Å²) in [4.78, 5) is 23.9. The maximum absolute atomic E-state index is 12.0. The third kappa shape index (κ3) is 3.37. The van der Waals surface area contributed by atoms with E-state index < -0.39 is 5.91 Å². The van der Waals surface area contributed by atoms with Gasteiger partial charge in [-0.25, -0.2) is 4.52 Å². The van der Waals surface area contributed by atoms with Gasteiger partial charge in [0.2, 0.25) is 5.91 Å². The molecule has 118 valence electrons. The molecule has 8 nitrogen and oxygen atoms in total. The second kappa shape index (κ2) is 6.30. The lowest BCUT2D eigenvalue weighted by atomic mass is 10.3. The average molecular weight is 312 g/mol. The number of carbonyl (C=O) groups is 2. The molecule has 8 heteroatoms. The number of pyridine rings is 1. The van der Waals surface area contributed by atoms with Gasteiger partial charge in [0, 0.05) is 25.0 Å². The normalized spacial score (nSPS) is 10.7. The number of carbonyl (C=O) groups excluding carboxylic acids is 2. The van der Waals surface area contributed by atoms with Crippen molar-refractivity contribution in [3.63, 3.8) is 0 Å². The monoisotopic (exact) mass is 312 g/mol. The molecule has 23 heavy (non-hydrogen) atoms. The summed E-state index contributed by atoms with van der Waals surface area (Å²) in [6, 6.07) is 8.90. The van der Waals surface area contributed by atoms with Crippen molar-refractivity contribution in [2.45, 2.75) is 13.5 Å². The molecule has 0 aliphatic heterocycles. The number of anilines is 1. The molecule has 3 aromatic rings. The number of nitrogens with zero attached hydrogens (tertiary/aromatic N) is 4. The average Bonchev–Trinajstić information content (AvgIpc) is 3.18. The Bertz CT molecular complexity index is 817. The topological polar surface area (TPSA) is 93.3 Å². The van der Waals surface area contributed by atoms with Gasteiger partial charge in [0.1, 0.15) is 0 Å². The number of hydrogen-bond donors (Lipinski definition) is 2. The Morgan fingerprint density at radius 2 is 2.04 bits per heavy atom. The lowest BCUT2D eigenvalue weighted by Crippen LogP contribution is -2.33. The quantitative estimate of drug-likeness (QED) is 0.732. The number of aromatic nitrogens is 4. The Kier molecular flexibility index (Phi) is 4.05. The highest BCUT2D eigenvalue weighted by atomic mass is 16.2. The smallest absolute Gasteiger partial charge is 0.272 e. The first-order valence-electron chi connectivity index (χ1n) is 7.21. The summed E-state index contributed by atoms with van der Waals surface area (Å²) >= 11 is 0. The minimum Gasteiger partial charge on any atom is -0.342 e. The van der Waals surface area contributed by atoms with Gasteiger partial charge < -0.3 is 10.6 Å². The first kappa shape index (κ1) is 14.8. The van der Waals surface area contributed by atoms with Crippen LogP contribution in [0.3, 0.4) is 0 Å². The lowest BCUT2D eigenvalue weighted by Gasteiger charge is -2.03. The SMILES string of the molecule is CCn1ccc(NC(=O)CNC(=O)c2cc3ccccn3n2)n1. The van der Waals surface area contributed by atoms with Crippen LogP contribution in [-0.2, 0) is 11.3 Å². The van der Waals surface area contributed by atoms with E-state index in [1.54, 1.807) is 33.7 Å². The standard InChI is InChI=1S/C15H16N6O2/c1-2-20-8-6-13(19-20)17-14(22)10-16-15(23)12-9-11-5-3-4-7-21(11)18-12/h3-9H,2,10H2,1H3,(H,16,23)(H,17,19,22). The van der Waals surface area contributed by atoms with Crippen molar-refractivity contribution in [3.05, 3.63) is 48.4 Å². The van der Waals surface area contributed by atoms with Gasteiger partial charge in [-0.15, -0.1) is 0 Å². The molecule has 0 aliphatic carbocycles. The predicted molar refractivity (Wildman–Crippen MR) is 84.1 cm³/mol. The number of rotatable bonds is 5. The predicted octanol–water partition coefficient (Wildman–Crippen LogP) is 0.919. The molecule has 0 bridgehead atoms. The Labute approximate surface area is 132 Å². The van der Waals surface area contributed by atoms with E-state index in [-0.39, 0.29) is 18.1 Å². The van der Waals surface area contributed by atoms with Crippen LogP contribution in [0.15, 0.2) is 42.7 Å². The first-order valence-corrected chi connectivity index (χ1v) is 7.21. The largest absolute Gasteiger partial charge is 0.342 e. The zero-order valence-corrected chi connectivity index (χ0v) is 12.6. The highest BCUT2D eigenvalue weighted by molar-refractivity contribution is 5.98. The summed E-state index contributed by atoms with van der Waals surface area (Å²) in [5.74, 6) is -0.287. The summed E-state index contributed by atoms with van der Waals surface area (Å²) in [5.41, 5.74) is 1.08. The molecule has 0 saturated heterocycles. The van der Waals surface area contributed by atoms with E-state index in [4.69, 9.17) is 0 Å². The van der Waals surface area contributed by atoms with Crippen LogP contribution < -0.4 is 10.6 Å². The van der Waals surface area contributed by atoms with E-state index in [2.05, 4.69) is 20.8 Å². The van der Waals surface area contributed by atoms with Crippen LogP contribution >= 0.6 is 0 Å². The summed E-state index contributed by atoms with van der Waals surface area (Å²) in [5, 5.41) is 13.4. The van der Waals surface area contributed by atoms with Crippen LogP contribution in [0.2, 0.25) is 0 Å². The third-order valence-corrected chi connectivity index (χ3v) is 3.24. The second-order valence-corrected chi connectivity index (χ2v) is 4.89. The number of aryl methyl sites for hydroxylation is 1. The Balaban J connectivity index is 1.56. The minimum absolute atomic E-state index is 0.147. The van der Waals surface area contributed by atoms with E-state index >= 15 is 0 Å². The van der Waals surface area contributed by atoms with E-state index in [1.807, 2.05) is 25.1 Å². The van der Waals surface area contributed by atoms with Gasteiger partial charge in [0.25, 0.3) is 5.91 Å². The summed E-state index contributed by atoms with van der Waals surface area (Å²) < 4.78 is 3.30. The Morgan fingerprint density at radius 1 is 1.17 bits per heavy atom.